The number of hydrogen-bond donors (Lipinski definition) is 2. The Labute approximate surface area is 195 Å². The van der Waals surface area contributed by atoms with Crippen molar-refractivity contribution in [2.24, 2.45) is 0 Å². The summed E-state index contributed by atoms with van der Waals surface area (Å²) in [5.41, 5.74) is 7.28. The van der Waals surface area contributed by atoms with E-state index in [1.54, 1.807) is 0 Å². The highest BCUT2D eigenvalue weighted by Crippen LogP contribution is 2.20. The largest absolute Gasteiger partial charge is 0.324 e. The number of amides is 1. The van der Waals surface area contributed by atoms with Crippen molar-refractivity contribution in [3.05, 3.63) is 119 Å². The Kier molecular flexibility index (Phi) is 7.01. The van der Waals surface area contributed by atoms with E-state index in [9.17, 15) is 4.79 Å². The van der Waals surface area contributed by atoms with Crippen molar-refractivity contribution in [3.8, 4) is 0 Å². The summed E-state index contributed by atoms with van der Waals surface area (Å²) in [6.45, 7) is 7.42. The molecule has 0 radical (unpaired) electrons. The van der Waals surface area contributed by atoms with E-state index in [0.717, 1.165) is 40.3 Å². The van der Waals surface area contributed by atoms with Gasteiger partial charge in [0.15, 0.2) is 0 Å². The molecule has 1 heterocycles. The van der Waals surface area contributed by atoms with Crippen LogP contribution in [0.4, 0.5) is 5.69 Å². The monoisotopic (exact) mass is 438 g/mol. The lowest BCUT2D eigenvalue weighted by atomic mass is 10.0. The van der Waals surface area contributed by atoms with E-state index in [4.69, 9.17) is 5.10 Å². The predicted molar refractivity (Wildman–Crippen MR) is 133 cm³/mol. The predicted octanol–water partition coefficient (Wildman–Crippen LogP) is 5.33. The van der Waals surface area contributed by atoms with Gasteiger partial charge in [-0.2, -0.15) is 5.10 Å². The van der Waals surface area contributed by atoms with Crippen molar-refractivity contribution >= 4 is 11.6 Å². The SMILES string of the molecule is Cc1ccc(NC(=O)[C@H](NCc2c(C)nn(Cc3ccccc3)c2C)c2ccccc2)cc1. The van der Waals surface area contributed by atoms with Gasteiger partial charge in [0.1, 0.15) is 6.04 Å². The highest BCUT2D eigenvalue weighted by atomic mass is 16.2. The van der Waals surface area contributed by atoms with Gasteiger partial charge >= 0.3 is 0 Å². The van der Waals surface area contributed by atoms with Crippen LogP contribution in [0.25, 0.3) is 0 Å². The molecule has 5 heteroatoms. The number of rotatable bonds is 8. The summed E-state index contributed by atoms with van der Waals surface area (Å²) in [7, 11) is 0. The Hall–Kier alpha value is -3.70. The van der Waals surface area contributed by atoms with E-state index in [-0.39, 0.29) is 5.91 Å². The first-order valence-electron chi connectivity index (χ1n) is 11.2. The Morgan fingerprint density at radius 2 is 1.52 bits per heavy atom. The number of nitrogens with one attached hydrogen (secondary N) is 2. The van der Waals surface area contributed by atoms with Gasteiger partial charge in [0.2, 0.25) is 5.91 Å². The van der Waals surface area contributed by atoms with Crippen LogP contribution in [0.3, 0.4) is 0 Å². The van der Waals surface area contributed by atoms with E-state index in [1.165, 1.54) is 5.56 Å². The Morgan fingerprint density at radius 1 is 0.879 bits per heavy atom. The van der Waals surface area contributed by atoms with Gasteiger partial charge in [0.25, 0.3) is 0 Å². The maximum atomic E-state index is 13.2. The molecule has 2 N–H and O–H groups in total. The van der Waals surface area contributed by atoms with Crippen LogP contribution in [0.1, 0.15) is 39.7 Å². The molecule has 0 bridgehead atoms. The number of benzene rings is 3. The molecule has 33 heavy (non-hydrogen) atoms. The minimum atomic E-state index is -0.483. The van der Waals surface area contributed by atoms with Crippen LogP contribution in [-0.4, -0.2) is 15.7 Å². The van der Waals surface area contributed by atoms with Crippen molar-refractivity contribution < 1.29 is 4.79 Å². The molecule has 0 aliphatic heterocycles. The summed E-state index contributed by atoms with van der Waals surface area (Å²) in [5, 5.41) is 11.3. The number of aryl methyl sites for hydroxylation is 2. The fourth-order valence-corrected chi connectivity index (χ4v) is 3.96. The first-order chi connectivity index (χ1) is 16.0. The maximum absolute atomic E-state index is 13.2. The van der Waals surface area contributed by atoms with Gasteiger partial charge in [-0.25, -0.2) is 0 Å². The molecule has 5 nitrogen and oxygen atoms in total. The third-order valence-electron chi connectivity index (χ3n) is 5.90. The van der Waals surface area contributed by atoms with Crippen LogP contribution >= 0.6 is 0 Å². The van der Waals surface area contributed by atoms with Crippen molar-refractivity contribution in [3.63, 3.8) is 0 Å². The zero-order chi connectivity index (χ0) is 23.2. The molecule has 0 aliphatic carbocycles. The maximum Gasteiger partial charge on any atom is 0.246 e. The average molecular weight is 439 g/mol. The highest BCUT2D eigenvalue weighted by Gasteiger charge is 2.22. The molecule has 0 spiro atoms. The molecule has 4 rings (SSSR count). The first kappa shape index (κ1) is 22.5. The molecule has 4 aromatic rings. The smallest absolute Gasteiger partial charge is 0.246 e. The second kappa shape index (κ2) is 10.3. The molecule has 168 valence electrons. The van der Waals surface area contributed by atoms with Gasteiger partial charge < -0.3 is 5.32 Å². The second-order valence-electron chi connectivity index (χ2n) is 8.37. The fourth-order valence-electron chi connectivity index (χ4n) is 3.96. The molecule has 3 aromatic carbocycles. The number of anilines is 1. The lowest BCUT2D eigenvalue weighted by Crippen LogP contribution is -2.33. The fraction of sp³-hybridized carbons (Fsp3) is 0.214. The summed E-state index contributed by atoms with van der Waals surface area (Å²) < 4.78 is 2.03. The van der Waals surface area contributed by atoms with E-state index >= 15 is 0 Å². The molecule has 0 saturated heterocycles. The van der Waals surface area contributed by atoms with Crippen LogP contribution < -0.4 is 10.6 Å². The summed E-state index contributed by atoms with van der Waals surface area (Å²) >= 11 is 0. The van der Waals surface area contributed by atoms with Crippen molar-refractivity contribution in [1.82, 2.24) is 15.1 Å². The Morgan fingerprint density at radius 3 is 2.18 bits per heavy atom. The highest BCUT2D eigenvalue weighted by molar-refractivity contribution is 5.95. The van der Waals surface area contributed by atoms with E-state index in [0.29, 0.717) is 6.54 Å². The van der Waals surface area contributed by atoms with Crippen molar-refractivity contribution in [1.29, 1.82) is 0 Å². The quantitative estimate of drug-likeness (QED) is 0.391. The lowest BCUT2D eigenvalue weighted by Gasteiger charge is -2.19. The van der Waals surface area contributed by atoms with Gasteiger partial charge in [0, 0.05) is 23.5 Å². The molecular weight excluding hydrogens is 408 g/mol. The van der Waals surface area contributed by atoms with Crippen molar-refractivity contribution in [2.45, 2.75) is 39.9 Å². The molecule has 1 amide bonds. The van der Waals surface area contributed by atoms with Gasteiger partial charge in [-0.1, -0.05) is 78.4 Å². The first-order valence-corrected chi connectivity index (χ1v) is 11.2. The third-order valence-corrected chi connectivity index (χ3v) is 5.90. The topological polar surface area (TPSA) is 59.0 Å². The molecule has 0 saturated carbocycles. The van der Waals surface area contributed by atoms with Crippen molar-refractivity contribution in [2.75, 3.05) is 5.32 Å². The minimum Gasteiger partial charge on any atom is -0.324 e. The third kappa shape index (κ3) is 5.57. The van der Waals surface area contributed by atoms with Gasteiger partial charge in [-0.3, -0.25) is 14.8 Å². The molecule has 0 fully saturated rings. The number of carbonyl (C=O) groups excluding carboxylic acids is 1. The molecule has 0 aliphatic rings. The summed E-state index contributed by atoms with van der Waals surface area (Å²) in [5.74, 6) is -0.0861. The number of carbonyl (C=O) groups is 1. The van der Waals surface area contributed by atoms with Crippen LogP contribution in [0.2, 0.25) is 0 Å². The minimum absolute atomic E-state index is 0.0861. The van der Waals surface area contributed by atoms with E-state index in [1.807, 2.05) is 91.3 Å². The number of hydrogen-bond acceptors (Lipinski definition) is 3. The lowest BCUT2D eigenvalue weighted by molar-refractivity contribution is -0.118. The Bertz CT molecular complexity index is 1200. The van der Waals surface area contributed by atoms with Crippen LogP contribution in [0.15, 0.2) is 84.9 Å². The summed E-state index contributed by atoms with van der Waals surface area (Å²) in [6, 6.07) is 27.5. The zero-order valence-electron chi connectivity index (χ0n) is 19.4. The van der Waals surface area contributed by atoms with Crippen LogP contribution in [0, 0.1) is 20.8 Å². The number of nitrogens with zero attached hydrogens (tertiary/aromatic N) is 2. The summed E-state index contributed by atoms with van der Waals surface area (Å²) in [6.07, 6.45) is 0. The standard InChI is InChI=1S/C28H30N4O/c1-20-14-16-25(17-15-20)30-28(33)27(24-12-8-5-9-13-24)29-18-26-21(2)31-32(22(26)3)19-23-10-6-4-7-11-23/h4-17,27,29H,18-19H2,1-3H3,(H,30,33)/t27-/m1/s1. The average Bonchev–Trinajstić information content (AvgIpc) is 3.09. The second-order valence-corrected chi connectivity index (χ2v) is 8.37. The number of aromatic nitrogens is 2. The normalized spacial score (nSPS) is 11.8. The zero-order valence-corrected chi connectivity index (χ0v) is 19.4. The molecule has 1 atom stereocenters. The van der Waals surface area contributed by atoms with Crippen LogP contribution in [-0.2, 0) is 17.9 Å². The summed E-state index contributed by atoms with van der Waals surface area (Å²) in [4.78, 5) is 13.2. The van der Waals surface area contributed by atoms with Gasteiger partial charge in [-0.05, 0) is 44.0 Å². The molecule has 1 aromatic heterocycles. The van der Waals surface area contributed by atoms with E-state index in [2.05, 4.69) is 29.7 Å². The Balaban J connectivity index is 1.52. The molecule has 0 unspecified atom stereocenters. The van der Waals surface area contributed by atoms with Crippen LogP contribution in [0.5, 0.6) is 0 Å². The van der Waals surface area contributed by atoms with Gasteiger partial charge in [-0.15, -0.1) is 0 Å². The van der Waals surface area contributed by atoms with E-state index < -0.39 is 6.04 Å². The molecular formula is C28H30N4O. The van der Waals surface area contributed by atoms with Gasteiger partial charge in [0.05, 0.1) is 12.2 Å².